The number of nitrogens with zero attached hydrogens (tertiary/aromatic N) is 3. The number of anilines is 3. The number of Topliss-reactive ketones (excluding diaryl/α,β-unsaturated/α-hetero) is 1. The lowest BCUT2D eigenvalue weighted by Gasteiger charge is -2.34. The van der Waals surface area contributed by atoms with E-state index in [1.54, 1.807) is 23.1 Å². The minimum atomic E-state index is -4.64. The lowest BCUT2D eigenvalue weighted by atomic mass is 9.92. The van der Waals surface area contributed by atoms with Gasteiger partial charge in [0.1, 0.15) is 17.7 Å². The van der Waals surface area contributed by atoms with Crippen molar-refractivity contribution in [2.24, 2.45) is 5.92 Å². The fourth-order valence-electron chi connectivity index (χ4n) is 4.21. The molecule has 2 heterocycles. The zero-order valence-corrected chi connectivity index (χ0v) is 19.6. The third kappa shape index (κ3) is 4.84. The van der Waals surface area contributed by atoms with Gasteiger partial charge in [0, 0.05) is 40.2 Å². The number of benzene rings is 2. The Morgan fingerprint density at radius 2 is 1.91 bits per heavy atom. The predicted molar refractivity (Wildman–Crippen MR) is 126 cm³/mol. The number of pyridine rings is 1. The Balaban J connectivity index is 1.74. The highest BCUT2D eigenvalue weighted by Gasteiger charge is 2.36. The second-order valence-electron chi connectivity index (χ2n) is 8.16. The maximum Gasteiger partial charge on any atom is 0.418 e. The zero-order valence-electron chi connectivity index (χ0n) is 18.0. The number of hydrogen-bond donors (Lipinski definition) is 1. The monoisotopic (exact) mass is 536 g/mol. The summed E-state index contributed by atoms with van der Waals surface area (Å²) in [7, 11) is 0. The van der Waals surface area contributed by atoms with Gasteiger partial charge in [-0.25, -0.2) is 4.98 Å². The fraction of sp³-hybridized carbons (Fsp3) is 0.304. The Morgan fingerprint density at radius 1 is 1.21 bits per heavy atom. The summed E-state index contributed by atoms with van der Waals surface area (Å²) in [5, 5.41) is 14.8. The van der Waals surface area contributed by atoms with Gasteiger partial charge in [0.05, 0.1) is 16.0 Å². The van der Waals surface area contributed by atoms with Crippen LogP contribution in [0.4, 0.5) is 35.9 Å². The normalized spacial score (nSPS) is 14.9. The third-order valence-corrected chi connectivity index (χ3v) is 6.48. The summed E-state index contributed by atoms with van der Waals surface area (Å²) in [6, 6.07) is 8.79. The van der Waals surface area contributed by atoms with Gasteiger partial charge in [-0.1, -0.05) is 15.9 Å². The van der Waals surface area contributed by atoms with E-state index in [0.29, 0.717) is 41.3 Å². The molecule has 1 saturated heterocycles. The van der Waals surface area contributed by atoms with Gasteiger partial charge in [-0.05, 0) is 56.2 Å². The van der Waals surface area contributed by atoms with E-state index in [1.165, 1.54) is 19.1 Å². The molecule has 1 aromatic heterocycles. The number of alkyl halides is 3. The van der Waals surface area contributed by atoms with E-state index in [2.05, 4.69) is 26.2 Å². The van der Waals surface area contributed by atoms with E-state index in [4.69, 9.17) is 0 Å². The van der Waals surface area contributed by atoms with Crippen LogP contribution >= 0.6 is 15.9 Å². The van der Waals surface area contributed by atoms with Gasteiger partial charge in [0.15, 0.2) is 0 Å². The lowest BCUT2D eigenvalue weighted by molar-refractivity contribution is -0.384. The molecule has 2 aromatic carbocycles. The molecule has 1 aliphatic heterocycles. The summed E-state index contributed by atoms with van der Waals surface area (Å²) in [6.07, 6.45) is -2.57. The van der Waals surface area contributed by atoms with Crippen molar-refractivity contribution in [3.8, 4) is 0 Å². The van der Waals surface area contributed by atoms with Gasteiger partial charge in [0.25, 0.3) is 0 Å². The molecule has 1 aliphatic rings. The molecule has 0 unspecified atom stereocenters. The van der Waals surface area contributed by atoms with Crippen molar-refractivity contribution in [2.45, 2.75) is 25.9 Å². The summed E-state index contributed by atoms with van der Waals surface area (Å²) in [5.41, 5.74) is -0.602. The molecule has 0 spiro atoms. The first kappa shape index (κ1) is 23.9. The summed E-state index contributed by atoms with van der Waals surface area (Å²) in [6.45, 7) is 2.19. The number of rotatable bonds is 5. The predicted octanol–water partition coefficient (Wildman–Crippen LogP) is 6.47. The minimum Gasteiger partial charge on any atom is -0.371 e. The second-order valence-corrected chi connectivity index (χ2v) is 9.08. The summed E-state index contributed by atoms with van der Waals surface area (Å²) in [5.74, 6) is -0.0839. The van der Waals surface area contributed by atoms with Gasteiger partial charge >= 0.3 is 11.9 Å². The highest BCUT2D eigenvalue weighted by molar-refractivity contribution is 9.10. The topological polar surface area (TPSA) is 88.4 Å². The largest absolute Gasteiger partial charge is 0.418 e. The van der Waals surface area contributed by atoms with Crippen LogP contribution in [0.15, 0.2) is 47.1 Å². The molecular formula is C23H20BrF3N4O3. The molecule has 0 atom stereocenters. The first-order chi connectivity index (χ1) is 16.0. The molecule has 0 saturated carbocycles. The fourth-order valence-corrected chi connectivity index (χ4v) is 4.57. The quantitative estimate of drug-likeness (QED) is 0.297. The number of hydrogen-bond acceptors (Lipinski definition) is 6. The van der Waals surface area contributed by atoms with Crippen LogP contribution in [0, 0.1) is 16.0 Å². The summed E-state index contributed by atoms with van der Waals surface area (Å²) in [4.78, 5) is 28.3. The number of aromatic nitrogens is 1. The highest BCUT2D eigenvalue weighted by Crippen LogP contribution is 2.41. The van der Waals surface area contributed by atoms with Crippen LogP contribution < -0.4 is 10.2 Å². The molecule has 0 radical (unpaired) electrons. The number of carbonyl (C=O) groups excluding carboxylic acids is 1. The Morgan fingerprint density at radius 3 is 2.53 bits per heavy atom. The number of halogens is 4. The average Bonchev–Trinajstić information content (AvgIpc) is 2.78. The third-order valence-electron chi connectivity index (χ3n) is 5.99. The van der Waals surface area contributed by atoms with Gasteiger partial charge < -0.3 is 10.2 Å². The van der Waals surface area contributed by atoms with Crippen LogP contribution in [0.25, 0.3) is 10.9 Å². The van der Waals surface area contributed by atoms with Crippen molar-refractivity contribution in [2.75, 3.05) is 23.3 Å². The molecule has 11 heteroatoms. The number of nitrogens with one attached hydrogen (secondary N) is 1. The van der Waals surface area contributed by atoms with Crippen molar-refractivity contribution in [3.63, 3.8) is 0 Å². The van der Waals surface area contributed by atoms with Crippen LogP contribution in [0.2, 0.25) is 0 Å². The molecule has 178 valence electrons. The molecule has 0 bridgehead atoms. The van der Waals surface area contributed by atoms with Gasteiger partial charge in [-0.15, -0.1) is 0 Å². The second kappa shape index (κ2) is 9.21. The molecular weight excluding hydrogens is 517 g/mol. The zero-order chi connectivity index (χ0) is 24.6. The summed E-state index contributed by atoms with van der Waals surface area (Å²) < 4.78 is 42.7. The van der Waals surface area contributed by atoms with Crippen LogP contribution in [-0.4, -0.2) is 28.8 Å². The van der Waals surface area contributed by atoms with Gasteiger partial charge in [-0.3, -0.25) is 14.9 Å². The average molecular weight is 537 g/mol. The molecule has 1 fully saturated rings. The van der Waals surface area contributed by atoms with Crippen molar-refractivity contribution in [1.29, 1.82) is 0 Å². The van der Waals surface area contributed by atoms with Crippen molar-refractivity contribution >= 4 is 55.4 Å². The first-order valence-corrected chi connectivity index (χ1v) is 11.3. The number of nitro groups is 1. The summed E-state index contributed by atoms with van der Waals surface area (Å²) >= 11 is 3.32. The Hall–Kier alpha value is -3.21. The van der Waals surface area contributed by atoms with Gasteiger partial charge in [-0.2, -0.15) is 13.2 Å². The van der Waals surface area contributed by atoms with Crippen LogP contribution in [0.5, 0.6) is 0 Å². The Bertz CT molecular complexity index is 1270. The lowest BCUT2D eigenvalue weighted by Crippen LogP contribution is -2.36. The molecule has 4 rings (SSSR count). The van der Waals surface area contributed by atoms with E-state index in [1.807, 2.05) is 0 Å². The van der Waals surface area contributed by atoms with Crippen molar-refractivity contribution in [1.82, 2.24) is 4.98 Å². The van der Waals surface area contributed by atoms with E-state index in [-0.39, 0.29) is 34.5 Å². The number of ketones is 1. The van der Waals surface area contributed by atoms with Crippen molar-refractivity contribution < 1.29 is 22.9 Å². The number of piperidine rings is 1. The van der Waals surface area contributed by atoms with Gasteiger partial charge in [0.2, 0.25) is 0 Å². The number of carbonyl (C=O) groups is 1. The standard InChI is InChI=1S/C23H20BrF3N4O3/c1-13(32)14-6-8-30(9-7-14)20-5-3-16(11-18(20)23(25,26)27)29-22-17-10-15(24)2-4-19(17)28-12-21(22)31(33)34/h2-5,10-12,14H,6-9H2,1H3,(H,28,29). The molecule has 7 nitrogen and oxygen atoms in total. The van der Waals surface area contributed by atoms with Crippen LogP contribution in [-0.2, 0) is 11.0 Å². The maximum absolute atomic E-state index is 14.0. The van der Waals surface area contributed by atoms with E-state index in [0.717, 1.165) is 12.3 Å². The maximum atomic E-state index is 14.0. The SMILES string of the molecule is CC(=O)C1CCN(c2ccc(Nc3c([N+](=O)[O-])cnc4ccc(Br)cc34)cc2C(F)(F)F)CC1. The van der Waals surface area contributed by atoms with E-state index < -0.39 is 16.7 Å². The molecule has 3 aromatic rings. The molecule has 1 N–H and O–H groups in total. The highest BCUT2D eigenvalue weighted by atomic mass is 79.9. The van der Waals surface area contributed by atoms with E-state index in [9.17, 15) is 28.1 Å². The molecule has 34 heavy (non-hydrogen) atoms. The van der Waals surface area contributed by atoms with Crippen LogP contribution in [0.3, 0.4) is 0 Å². The molecule has 0 aliphatic carbocycles. The Labute approximate surface area is 201 Å². The number of fused-ring (bicyclic) bond motifs is 1. The van der Waals surface area contributed by atoms with Crippen molar-refractivity contribution in [3.05, 3.63) is 62.7 Å². The van der Waals surface area contributed by atoms with E-state index >= 15 is 0 Å². The smallest absolute Gasteiger partial charge is 0.371 e. The minimum absolute atomic E-state index is 0.0249. The van der Waals surface area contributed by atoms with Crippen LogP contribution in [0.1, 0.15) is 25.3 Å². The Kier molecular flexibility index (Phi) is 6.48. The molecule has 0 amide bonds. The first-order valence-electron chi connectivity index (χ1n) is 10.5.